The van der Waals surface area contributed by atoms with Crippen molar-refractivity contribution in [1.82, 2.24) is 0 Å². The fraction of sp³-hybridized carbons (Fsp3) is 1.00. The zero-order chi connectivity index (χ0) is 7.71. The fourth-order valence-corrected chi connectivity index (χ4v) is 0.725. The molecule has 0 aromatic carbocycles. The predicted molar refractivity (Wildman–Crippen MR) is 34.2 cm³/mol. The molecule has 56 valence electrons. The van der Waals surface area contributed by atoms with Crippen LogP contribution in [0.4, 0.5) is 0 Å². The molecule has 0 aliphatic heterocycles. The quantitative estimate of drug-likeness (QED) is 0.354. The van der Waals surface area contributed by atoms with E-state index in [1.807, 2.05) is 0 Å². The van der Waals surface area contributed by atoms with Crippen LogP contribution in [-0.2, 0) is 0 Å². The Balaban J connectivity index is 3.75. The second-order valence-electron chi connectivity index (χ2n) is 2.89. The predicted octanol–water partition coefficient (Wildman–Crippen LogP) is -1.29. The summed E-state index contributed by atoms with van der Waals surface area (Å²) in [5.74, 6) is 0. The first-order chi connectivity index (χ1) is 3.71. The van der Waals surface area contributed by atoms with Crippen molar-refractivity contribution in [2.45, 2.75) is 31.7 Å². The molecule has 6 N–H and O–H groups in total. The van der Waals surface area contributed by atoms with Crippen molar-refractivity contribution in [3.63, 3.8) is 0 Å². The first-order valence-electron chi connectivity index (χ1n) is 2.73. The van der Waals surface area contributed by atoms with Gasteiger partial charge in [0.2, 0.25) is 0 Å². The van der Waals surface area contributed by atoms with Crippen LogP contribution in [-0.4, -0.2) is 21.7 Å². The monoisotopic (exact) mass is 134 g/mol. The Morgan fingerprint density at radius 3 is 1.33 bits per heavy atom. The maximum atomic E-state index is 8.89. The smallest absolute Gasteiger partial charge is 0.114 e. The average molecular weight is 134 g/mol. The molecule has 2 atom stereocenters. The zero-order valence-corrected chi connectivity index (χ0v) is 5.76. The van der Waals surface area contributed by atoms with E-state index in [2.05, 4.69) is 0 Å². The normalized spacial score (nSPS) is 24.7. The Morgan fingerprint density at radius 1 is 1.11 bits per heavy atom. The van der Waals surface area contributed by atoms with Crippen LogP contribution in [0.3, 0.4) is 0 Å². The molecule has 0 aliphatic carbocycles. The summed E-state index contributed by atoms with van der Waals surface area (Å²) in [5, 5.41) is 17.8. The van der Waals surface area contributed by atoms with Crippen molar-refractivity contribution in [2.24, 2.45) is 11.5 Å². The van der Waals surface area contributed by atoms with E-state index in [0.29, 0.717) is 0 Å². The lowest BCUT2D eigenvalue weighted by atomic mass is 10.1. The van der Waals surface area contributed by atoms with E-state index in [1.54, 1.807) is 0 Å². The summed E-state index contributed by atoms with van der Waals surface area (Å²) >= 11 is 0. The number of aliphatic hydroxyl groups is 2. The van der Waals surface area contributed by atoms with Gasteiger partial charge in [-0.3, -0.25) is 0 Å². The highest BCUT2D eigenvalue weighted by atomic mass is 16.3. The highest BCUT2D eigenvalue weighted by Gasteiger charge is 2.24. The molecule has 4 heteroatoms. The number of hydrogen-bond donors (Lipinski definition) is 4. The van der Waals surface area contributed by atoms with Gasteiger partial charge in [-0.2, -0.15) is 0 Å². The average Bonchev–Trinajstić information content (AvgIpc) is 1.14. The molecule has 0 amide bonds. The van der Waals surface area contributed by atoms with E-state index in [-0.39, 0.29) is 6.42 Å². The van der Waals surface area contributed by atoms with Crippen LogP contribution >= 0.6 is 0 Å². The van der Waals surface area contributed by atoms with Gasteiger partial charge in [-0.1, -0.05) is 0 Å². The van der Waals surface area contributed by atoms with Crippen molar-refractivity contribution in [3.8, 4) is 0 Å². The van der Waals surface area contributed by atoms with Gasteiger partial charge in [-0.15, -0.1) is 0 Å². The highest BCUT2D eigenvalue weighted by molar-refractivity contribution is 4.74. The van der Waals surface area contributed by atoms with Gasteiger partial charge in [0.15, 0.2) is 0 Å². The van der Waals surface area contributed by atoms with E-state index < -0.39 is 11.4 Å². The molecule has 0 heterocycles. The van der Waals surface area contributed by atoms with Crippen LogP contribution in [0, 0.1) is 0 Å². The van der Waals surface area contributed by atoms with E-state index in [1.165, 1.54) is 13.8 Å². The summed E-state index contributed by atoms with van der Waals surface area (Å²) in [6.45, 7) is 2.77. The maximum absolute atomic E-state index is 8.89. The lowest BCUT2D eigenvalue weighted by molar-refractivity contribution is -0.0381. The summed E-state index contributed by atoms with van der Waals surface area (Å²) < 4.78 is 0. The first-order valence-corrected chi connectivity index (χ1v) is 2.73. The van der Waals surface area contributed by atoms with Crippen LogP contribution in [0.1, 0.15) is 20.3 Å². The van der Waals surface area contributed by atoms with Gasteiger partial charge in [0.1, 0.15) is 11.4 Å². The van der Waals surface area contributed by atoms with Crippen molar-refractivity contribution in [1.29, 1.82) is 0 Å². The minimum Gasteiger partial charge on any atom is -0.376 e. The van der Waals surface area contributed by atoms with Gasteiger partial charge in [-0.05, 0) is 13.8 Å². The van der Waals surface area contributed by atoms with Gasteiger partial charge in [0.05, 0.1) is 0 Å². The molecule has 0 saturated heterocycles. The Kier molecular flexibility index (Phi) is 2.19. The molecular weight excluding hydrogens is 120 g/mol. The van der Waals surface area contributed by atoms with Gasteiger partial charge >= 0.3 is 0 Å². The molecule has 0 bridgehead atoms. The largest absolute Gasteiger partial charge is 0.376 e. The third-order valence-corrected chi connectivity index (χ3v) is 0.716. The second-order valence-corrected chi connectivity index (χ2v) is 2.89. The van der Waals surface area contributed by atoms with Crippen LogP contribution < -0.4 is 11.5 Å². The van der Waals surface area contributed by atoms with Gasteiger partial charge in [-0.25, -0.2) is 0 Å². The lowest BCUT2D eigenvalue weighted by Gasteiger charge is -2.25. The van der Waals surface area contributed by atoms with Crippen molar-refractivity contribution < 1.29 is 10.2 Å². The van der Waals surface area contributed by atoms with Crippen molar-refractivity contribution in [2.75, 3.05) is 0 Å². The van der Waals surface area contributed by atoms with Crippen LogP contribution in [0.2, 0.25) is 0 Å². The van der Waals surface area contributed by atoms with E-state index in [0.717, 1.165) is 0 Å². The van der Waals surface area contributed by atoms with Crippen LogP contribution in [0.25, 0.3) is 0 Å². The Labute approximate surface area is 54.5 Å². The fourth-order valence-electron chi connectivity index (χ4n) is 0.725. The lowest BCUT2D eigenvalue weighted by Crippen LogP contribution is -2.48. The Bertz CT molecular complexity index is 78.1. The summed E-state index contributed by atoms with van der Waals surface area (Å²) in [7, 11) is 0. The van der Waals surface area contributed by atoms with Crippen LogP contribution in [0.5, 0.6) is 0 Å². The molecule has 0 saturated carbocycles. The molecule has 0 rings (SSSR count). The minimum absolute atomic E-state index is 0.0417. The Morgan fingerprint density at radius 2 is 1.33 bits per heavy atom. The summed E-state index contributed by atoms with van der Waals surface area (Å²) in [6.07, 6.45) is -0.0417. The van der Waals surface area contributed by atoms with Gasteiger partial charge in [0.25, 0.3) is 0 Å². The topological polar surface area (TPSA) is 92.5 Å². The Hall–Kier alpha value is -0.160. The second kappa shape index (κ2) is 2.22. The third-order valence-electron chi connectivity index (χ3n) is 0.716. The molecule has 0 spiro atoms. The standard InChI is InChI=1S/C5H14N2O2/c1-4(6,8)3-5(2,7)9/h8-9H,3,6-7H2,1-2H3. The summed E-state index contributed by atoms with van der Waals surface area (Å²) in [5.41, 5.74) is 7.49. The van der Waals surface area contributed by atoms with Gasteiger partial charge in [0, 0.05) is 6.42 Å². The maximum Gasteiger partial charge on any atom is 0.114 e. The van der Waals surface area contributed by atoms with Crippen molar-refractivity contribution >= 4 is 0 Å². The zero-order valence-electron chi connectivity index (χ0n) is 5.76. The molecule has 0 aliphatic rings. The third kappa shape index (κ3) is 7.84. The summed E-state index contributed by atoms with van der Waals surface area (Å²) in [4.78, 5) is 0. The van der Waals surface area contributed by atoms with Gasteiger partial charge < -0.3 is 21.7 Å². The van der Waals surface area contributed by atoms with Crippen molar-refractivity contribution in [3.05, 3.63) is 0 Å². The number of hydrogen-bond acceptors (Lipinski definition) is 4. The molecule has 2 unspecified atom stereocenters. The first kappa shape index (κ1) is 8.84. The number of rotatable bonds is 2. The molecule has 0 aromatic rings. The minimum atomic E-state index is -1.39. The molecule has 9 heavy (non-hydrogen) atoms. The molecule has 0 aromatic heterocycles. The number of nitrogens with two attached hydrogens (primary N) is 2. The molecule has 4 nitrogen and oxygen atoms in total. The highest BCUT2D eigenvalue weighted by Crippen LogP contribution is 2.09. The van der Waals surface area contributed by atoms with Crippen LogP contribution in [0.15, 0.2) is 0 Å². The van der Waals surface area contributed by atoms with E-state index >= 15 is 0 Å². The van der Waals surface area contributed by atoms with E-state index in [9.17, 15) is 0 Å². The summed E-state index contributed by atoms with van der Waals surface area (Å²) in [6, 6.07) is 0. The molecule has 0 radical (unpaired) electrons. The molecular formula is C5H14N2O2. The molecule has 0 fully saturated rings. The van der Waals surface area contributed by atoms with E-state index in [4.69, 9.17) is 21.7 Å². The SMILES string of the molecule is CC(N)(O)CC(C)(N)O.